The number of nitrogens with zero attached hydrogens (tertiary/aromatic N) is 3. The summed E-state index contributed by atoms with van der Waals surface area (Å²) in [7, 11) is 3.54. The van der Waals surface area contributed by atoms with Crippen LogP contribution in [0.1, 0.15) is 12.6 Å². The average molecular weight is 191 g/mol. The molecule has 0 bridgehead atoms. The van der Waals surface area contributed by atoms with E-state index in [1.165, 1.54) is 0 Å². The van der Waals surface area contributed by atoms with Gasteiger partial charge in [-0.1, -0.05) is 6.92 Å². The Morgan fingerprint density at radius 2 is 1.93 bits per heavy atom. The molecule has 2 aromatic heterocycles. The molecule has 0 saturated heterocycles. The standard InChI is InChI=1S/C10H13N3O/c1-4-7-5-8-9(6-11-7)13(3)10(14)12(8)2/h5-6H,4H2,1-3H3. The first kappa shape index (κ1) is 8.99. The Kier molecular flexibility index (Phi) is 1.91. The van der Waals surface area contributed by atoms with Crippen LogP contribution in [0.4, 0.5) is 0 Å². The Labute approximate surface area is 81.8 Å². The average Bonchev–Trinajstić information content (AvgIpc) is 2.44. The number of imidazole rings is 1. The van der Waals surface area contributed by atoms with Crippen LogP contribution in [0.25, 0.3) is 11.0 Å². The molecular weight excluding hydrogens is 178 g/mol. The smallest absolute Gasteiger partial charge is 0.295 e. The number of fused-ring (bicyclic) bond motifs is 1. The van der Waals surface area contributed by atoms with E-state index in [0.29, 0.717) is 0 Å². The molecule has 0 radical (unpaired) electrons. The van der Waals surface area contributed by atoms with Crippen LogP contribution in [-0.2, 0) is 20.5 Å². The molecule has 2 rings (SSSR count). The highest BCUT2D eigenvalue weighted by Gasteiger charge is 2.07. The van der Waals surface area contributed by atoms with E-state index >= 15 is 0 Å². The van der Waals surface area contributed by atoms with Crippen LogP contribution in [0.2, 0.25) is 0 Å². The number of aryl methyl sites for hydroxylation is 3. The largest absolute Gasteiger partial charge is 0.328 e. The summed E-state index contributed by atoms with van der Waals surface area (Å²) < 4.78 is 3.26. The molecule has 14 heavy (non-hydrogen) atoms. The molecule has 0 atom stereocenters. The fraction of sp³-hybridized carbons (Fsp3) is 0.400. The Hall–Kier alpha value is -1.58. The molecule has 4 heteroatoms. The van der Waals surface area contributed by atoms with Gasteiger partial charge >= 0.3 is 5.69 Å². The molecule has 0 unspecified atom stereocenters. The number of hydrogen-bond donors (Lipinski definition) is 0. The van der Waals surface area contributed by atoms with Crippen molar-refractivity contribution in [2.24, 2.45) is 14.1 Å². The molecule has 0 fully saturated rings. The molecule has 4 nitrogen and oxygen atoms in total. The zero-order valence-electron chi connectivity index (χ0n) is 8.61. The maximum atomic E-state index is 11.6. The van der Waals surface area contributed by atoms with Gasteiger partial charge in [-0.3, -0.25) is 14.1 Å². The van der Waals surface area contributed by atoms with Gasteiger partial charge in [0.25, 0.3) is 0 Å². The van der Waals surface area contributed by atoms with Gasteiger partial charge in [0, 0.05) is 19.8 Å². The van der Waals surface area contributed by atoms with Crippen LogP contribution in [0.5, 0.6) is 0 Å². The van der Waals surface area contributed by atoms with E-state index in [0.717, 1.165) is 23.1 Å². The van der Waals surface area contributed by atoms with Crippen LogP contribution in [0, 0.1) is 0 Å². The zero-order chi connectivity index (χ0) is 10.3. The van der Waals surface area contributed by atoms with Crippen molar-refractivity contribution in [3.05, 3.63) is 28.4 Å². The molecule has 0 aromatic carbocycles. The lowest BCUT2D eigenvalue weighted by Crippen LogP contribution is -2.19. The Morgan fingerprint density at radius 3 is 2.57 bits per heavy atom. The van der Waals surface area contributed by atoms with E-state index in [-0.39, 0.29) is 5.69 Å². The quantitative estimate of drug-likeness (QED) is 0.670. The van der Waals surface area contributed by atoms with Gasteiger partial charge in [0.05, 0.1) is 17.2 Å². The minimum absolute atomic E-state index is 0.00458. The number of pyridine rings is 1. The van der Waals surface area contributed by atoms with Crippen molar-refractivity contribution in [3.8, 4) is 0 Å². The van der Waals surface area contributed by atoms with Gasteiger partial charge in [0.15, 0.2) is 0 Å². The van der Waals surface area contributed by atoms with E-state index in [4.69, 9.17) is 0 Å². The van der Waals surface area contributed by atoms with Crippen molar-refractivity contribution in [1.29, 1.82) is 0 Å². The highest BCUT2D eigenvalue weighted by Crippen LogP contribution is 2.11. The Bertz CT molecular complexity index is 536. The Balaban J connectivity index is 2.89. The molecule has 0 amide bonds. The summed E-state index contributed by atoms with van der Waals surface area (Å²) in [6.07, 6.45) is 2.65. The third-order valence-electron chi connectivity index (χ3n) is 2.58. The van der Waals surface area contributed by atoms with Crippen molar-refractivity contribution in [2.75, 3.05) is 0 Å². The van der Waals surface area contributed by atoms with Crippen molar-refractivity contribution < 1.29 is 0 Å². The molecule has 0 aliphatic rings. The number of hydrogen-bond acceptors (Lipinski definition) is 2. The van der Waals surface area contributed by atoms with Crippen LogP contribution < -0.4 is 5.69 Å². The SMILES string of the molecule is CCc1cc2c(cn1)n(C)c(=O)n2C. The first-order chi connectivity index (χ1) is 6.65. The third-order valence-corrected chi connectivity index (χ3v) is 2.58. The van der Waals surface area contributed by atoms with Gasteiger partial charge in [-0.25, -0.2) is 4.79 Å². The van der Waals surface area contributed by atoms with E-state index in [9.17, 15) is 4.79 Å². The van der Waals surface area contributed by atoms with Crippen LogP contribution in [0.15, 0.2) is 17.1 Å². The molecule has 0 aliphatic heterocycles. The van der Waals surface area contributed by atoms with Gasteiger partial charge < -0.3 is 0 Å². The maximum absolute atomic E-state index is 11.6. The second-order valence-electron chi connectivity index (χ2n) is 3.42. The van der Waals surface area contributed by atoms with Gasteiger partial charge in [0.1, 0.15) is 0 Å². The first-order valence-corrected chi connectivity index (χ1v) is 4.65. The predicted molar refractivity (Wildman–Crippen MR) is 55.3 cm³/mol. The molecule has 0 spiro atoms. The molecule has 2 heterocycles. The highest BCUT2D eigenvalue weighted by atomic mass is 16.1. The van der Waals surface area contributed by atoms with Crippen LogP contribution in [0.3, 0.4) is 0 Å². The summed E-state index contributed by atoms with van der Waals surface area (Å²) in [4.78, 5) is 15.9. The minimum Gasteiger partial charge on any atom is -0.295 e. The lowest BCUT2D eigenvalue weighted by Gasteiger charge is -1.97. The van der Waals surface area contributed by atoms with E-state index in [1.54, 1.807) is 29.4 Å². The second-order valence-corrected chi connectivity index (χ2v) is 3.42. The normalized spacial score (nSPS) is 11.1. The van der Waals surface area contributed by atoms with Crippen molar-refractivity contribution >= 4 is 11.0 Å². The van der Waals surface area contributed by atoms with Crippen LogP contribution in [-0.4, -0.2) is 14.1 Å². The number of aromatic nitrogens is 3. The minimum atomic E-state index is -0.00458. The summed E-state index contributed by atoms with van der Waals surface area (Å²) in [5.41, 5.74) is 2.84. The maximum Gasteiger partial charge on any atom is 0.328 e. The van der Waals surface area contributed by atoms with Crippen LogP contribution >= 0.6 is 0 Å². The summed E-state index contributed by atoms with van der Waals surface area (Å²) in [5.74, 6) is 0. The summed E-state index contributed by atoms with van der Waals surface area (Å²) in [6.45, 7) is 2.05. The lowest BCUT2D eigenvalue weighted by molar-refractivity contribution is 0.795. The first-order valence-electron chi connectivity index (χ1n) is 4.65. The summed E-state index contributed by atoms with van der Waals surface area (Å²) in [6, 6.07) is 1.97. The van der Waals surface area contributed by atoms with Gasteiger partial charge in [-0.05, 0) is 12.5 Å². The van der Waals surface area contributed by atoms with Gasteiger partial charge in [-0.15, -0.1) is 0 Å². The zero-order valence-corrected chi connectivity index (χ0v) is 8.61. The molecule has 74 valence electrons. The molecular formula is C10H13N3O. The predicted octanol–water partition coefficient (Wildman–Crippen LogP) is 0.834. The fourth-order valence-corrected chi connectivity index (χ4v) is 1.63. The molecule has 0 aliphatic carbocycles. The monoisotopic (exact) mass is 191 g/mol. The van der Waals surface area contributed by atoms with E-state index in [2.05, 4.69) is 11.9 Å². The Morgan fingerprint density at radius 1 is 1.29 bits per heavy atom. The number of rotatable bonds is 1. The van der Waals surface area contributed by atoms with E-state index < -0.39 is 0 Å². The lowest BCUT2D eigenvalue weighted by atomic mass is 10.3. The van der Waals surface area contributed by atoms with Crippen molar-refractivity contribution in [3.63, 3.8) is 0 Å². The van der Waals surface area contributed by atoms with Gasteiger partial charge in [0.2, 0.25) is 0 Å². The van der Waals surface area contributed by atoms with Crippen molar-refractivity contribution in [1.82, 2.24) is 14.1 Å². The molecule has 0 saturated carbocycles. The van der Waals surface area contributed by atoms with E-state index in [1.807, 2.05) is 6.07 Å². The molecule has 2 aromatic rings. The highest BCUT2D eigenvalue weighted by molar-refractivity contribution is 5.75. The summed E-state index contributed by atoms with van der Waals surface area (Å²) in [5, 5.41) is 0. The van der Waals surface area contributed by atoms with Crippen molar-refractivity contribution in [2.45, 2.75) is 13.3 Å². The molecule has 0 N–H and O–H groups in total. The fourth-order valence-electron chi connectivity index (χ4n) is 1.63. The summed E-state index contributed by atoms with van der Waals surface area (Å²) >= 11 is 0. The second kappa shape index (κ2) is 2.97. The third kappa shape index (κ3) is 1.07. The van der Waals surface area contributed by atoms with Gasteiger partial charge in [-0.2, -0.15) is 0 Å². The topological polar surface area (TPSA) is 39.8 Å².